The Labute approximate surface area is 144 Å². The molecule has 1 aliphatic heterocycles. The first-order chi connectivity index (χ1) is 11.9. The van der Waals surface area contributed by atoms with Gasteiger partial charge in [-0.1, -0.05) is 17.8 Å². The van der Waals surface area contributed by atoms with Crippen LogP contribution >= 0.6 is 11.8 Å². The lowest BCUT2D eigenvalue weighted by Crippen LogP contribution is -2.18. The van der Waals surface area contributed by atoms with Gasteiger partial charge in [0.1, 0.15) is 11.5 Å². The molecule has 0 amide bonds. The van der Waals surface area contributed by atoms with Crippen molar-refractivity contribution in [1.82, 2.24) is 19.7 Å². The molecule has 7 heteroatoms. The van der Waals surface area contributed by atoms with Crippen molar-refractivity contribution in [2.45, 2.75) is 29.8 Å². The summed E-state index contributed by atoms with van der Waals surface area (Å²) in [5.41, 5.74) is 0.815. The molecule has 1 saturated heterocycles. The highest BCUT2D eigenvalue weighted by atomic mass is 32.2. The summed E-state index contributed by atoms with van der Waals surface area (Å²) in [6, 6.07) is 9.66. The standard InChI is InChI=1S/C17H18N4O2S/c1-2-8-18-15(5-1)16-19-20-17(24-14-6-10-22-11-7-14)21(16)12-13-4-3-9-23-13/h1-5,8-9,14H,6-7,10-12H2. The van der Waals surface area contributed by atoms with E-state index in [1.54, 1.807) is 24.2 Å². The van der Waals surface area contributed by atoms with E-state index in [4.69, 9.17) is 9.15 Å². The van der Waals surface area contributed by atoms with Gasteiger partial charge in [0.05, 0.1) is 12.8 Å². The summed E-state index contributed by atoms with van der Waals surface area (Å²) in [6.07, 6.45) is 5.53. The summed E-state index contributed by atoms with van der Waals surface area (Å²) in [5.74, 6) is 1.64. The monoisotopic (exact) mass is 342 g/mol. The molecule has 4 rings (SSSR count). The van der Waals surface area contributed by atoms with Gasteiger partial charge < -0.3 is 9.15 Å². The molecule has 0 radical (unpaired) electrons. The topological polar surface area (TPSA) is 66.0 Å². The summed E-state index contributed by atoms with van der Waals surface area (Å²) >= 11 is 1.77. The van der Waals surface area contributed by atoms with Crippen molar-refractivity contribution in [2.24, 2.45) is 0 Å². The van der Waals surface area contributed by atoms with E-state index in [0.717, 1.165) is 48.5 Å². The molecule has 0 N–H and O–H groups in total. The predicted octanol–water partition coefficient (Wildman–Crippen LogP) is 3.25. The number of hydrogen-bond donors (Lipinski definition) is 0. The van der Waals surface area contributed by atoms with Crippen molar-refractivity contribution >= 4 is 11.8 Å². The minimum Gasteiger partial charge on any atom is -0.467 e. The molecular weight excluding hydrogens is 324 g/mol. The second-order valence-corrected chi connectivity index (χ2v) is 6.88. The van der Waals surface area contributed by atoms with Crippen molar-refractivity contribution in [3.8, 4) is 11.5 Å². The average molecular weight is 342 g/mol. The Morgan fingerprint density at radius 1 is 1.12 bits per heavy atom. The Hall–Kier alpha value is -2.12. The first kappa shape index (κ1) is 15.4. The Bertz CT molecular complexity index is 767. The van der Waals surface area contributed by atoms with Crippen LogP contribution in [0.1, 0.15) is 18.6 Å². The minimum atomic E-state index is 0.509. The SMILES string of the molecule is c1ccc(-c2nnc(SC3CCOCC3)n2Cc2ccco2)nc1. The maximum Gasteiger partial charge on any atom is 0.192 e. The number of rotatable bonds is 5. The molecule has 4 heterocycles. The van der Waals surface area contributed by atoms with Crippen molar-refractivity contribution in [3.63, 3.8) is 0 Å². The van der Waals surface area contributed by atoms with Gasteiger partial charge in [-0.05, 0) is 37.1 Å². The predicted molar refractivity (Wildman–Crippen MR) is 90.8 cm³/mol. The highest BCUT2D eigenvalue weighted by Crippen LogP contribution is 2.31. The van der Waals surface area contributed by atoms with Crippen LogP contribution < -0.4 is 0 Å². The zero-order valence-electron chi connectivity index (χ0n) is 13.2. The molecule has 0 saturated carbocycles. The molecule has 0 aromatic carbocycles. The van der Waals surface area contributed by atoms with Gasteiger partial charge in [0.15, 0.2) is 11.0 Å². The lowest BCUT2D eigenvalue weighted by Gasteiger charge is -2.21. The van der Waals surface area contributed by atoms with Crippen LogP contribution in [0.4, 0.5) is 0 Å². The smallest absolute Gasteiger partial charge is 0.192 e. The number of thioether (sulfide) groups is 1. The third-order valence-electron chi connectivity index (χ3n) is 3.95. The van der Waals surface area contributed by atoms with Crippen LogP contribution in [-0.2, 0) is 11.3 Å². The van der Waals surface area contributed by atoms with Gasteiger partial charge in [0, 0.05) is 24.7 Å². The van der Waals surface area contributed by atoms with E-state index in [-0.39, 0.29) is 0 Å². The molecular formula is C17H18N4O2S. The fourth-order valence-corrected chi connectivity index (χ4v) is 3.80. The van der Waals surface area contributed by atoms with Crippen LogP contribution in [0, 0.1) is 0 Å². The second-order valence-electron chi connectivity index (χ2n) is 5.62. The summed E-state index contributed by atoms with van der Waals surface area (Å²) in [6.45, 7) is 2.23. The molecule has 1 aliphatic rings. The van der Waals surface area contributed by atoms with Gasteiger partial charge in [0.2, 0.25) is 0 Å². The molecule has 0 aliphatic carbocycles. The lowest BCUT2D eigenvalue weighted by atomic mass is 10.2. The van der Waals surface area contributed by atoms with Crippen molar-refractivity contribution in [1.29, 1.82) is 0 Å². The summed E-state index contributed by atoms with van der Waals surface area (Å²) in [5, 5.41) is 10.2. The van der Waals surface area contributed by atoms with Crippen LogP contribution in [0.3, 0.4) is 0 Å². The third-order valence-corrected chi connectivity index (χ3v) is 5.26. The van der Waals surface area contributed by atoms with Gasteiger partial charge in [-0.15, -0.1) is 10.2 Å². The highest BCUT2D eigenvalue weighted by Gasteiger charge is 2.22. The number of aromatic nitrogens is 4. The Morgan fingerprint density at radius 3 is 2.79 bits per heavy atom. The van der Waals surface area contributed by atoms with Gasteiger partial charge in [-0.25, -0.2) is 0 Å². The van der Waals surface area contributed by atoms with Crippen LogP contribution in [0.2, 0.25) is 0 Å². The van der Waals surface area contributed by atoms with E-state index < -0.39 is 0 Å². The Kier molecular flexibility index (Phi) is 4.62. The quantitative estimate of drug-likeness (QED) is 0.709. The van der Waals surface area contributed by atoms with Crippen LogP contribution in [0.25, 0.3) is 11.5 Å². The van der Waals surface area contributed by atoms with E-state index in [9.17, 15) is 0 Å². The molecule has 3 aromatic rings. The molecule has 0 bridgehead atoms. The largest absolute Gasteiger partial charge is 0.467 e. The van der Waals surface area contributed by atoms with E-state index in [1.165, 1.54) is 0 Å². The summed E-state index contributed by atoms with van der Waals surface area (Å²) in [4.78, 5) is 4.42. The van der Waals surface area contributed by atoms with Gasteiger partial charge in [0.25, 0.3) is 0 Å². The maximum atomic E-state index is 5.52. The first-order valence-corrected chi connectivity index (χ1v) is 8.89. The fraction of sp³-hybridized carbons (Fsp3) is 0.353. The summed E-state index contributed by atoms with van der Waals surface area (Å²) < 4.78 is 13.0. The number of nitrogens with zero attached hydrogens (tertiary/aromatic N) is 4. The van der Waals surface area contributed by atoms with Crippen molar-refractivity contribution in [3.05, 3.63) is 48.6 Å². The van der Waals surface area contributed by atoms with E-state index in [0.29, 0.717) is 11.8 Å². The van der Waals surface area contributed by atoms with Crippen molar-refractivity contribution in [2.75, 3.05) is 13.2 Å². The number of furan rings is 1. The molecule has 0 atom stereocenters. The van der Waals surface area contributed by atoms with E-state index >= 15 is 0 Å². The molecule has 3 aromatic heterocycles. The fourth-order valence-electron chi connectivity index (χ4n) is 2.70. The second kappa shape index (κ2) is 7.19. The Morgan fingerprint density at radius 2 is 2.04 bits per heavy atom. The summed E-state index contributed by atoms with van der Waals surface area (Å²) in [7, 11) is 0. The maximum absolute atomic E-state index is 5.52. The van der Waals surface area contributed by atoms with Crippen molar-refractivity contribution < 1.29 is 9.15 Å². The number of hydrogen-bond acceptors (Lipinski definition) is 6. The Balaban J connectivity index is 1.66. The zero-order valence-corrected chi connectivity index (χ0v) is 14.0. The molecule has 0 spiro atoms. The van der Waals surface area contributed by atoms with Crippen LogP contribution in [-0.4, -0.2) is 38.2 Å². The van der Waals surface area contributed by atoms with Gasteiger partial charge in [-0.2, -0.15) is 0 Å². The average Bonchev–Trinajstić information content (AvgIpc) is 3.28. The zero-order chi connectivity index (χ0) is 16.2. The van der Waals surface area contributed by atoms with Crippen LogP contribution in [0.5, 0.6) is 0 Å². The van der Waals surface area contributed by atoms with Crippen LogP contribution in [0.15, 0.2) is 52.4 Å². The molecule has 6 nitrogen and oxygen atoms in total. The van der Waals surface area contributed by atoms with E-state index in [2.05, 4.69) is 19.7 Å². The molecule has 0 unspecified atom stereocenters. The molecule has 124 valence electrons. The van der Waals surface area contributed by atoms with Gasteiger partial charge in [-0.3, -0.25) is 9.55 Å². The normalized spacial score (nSPS) is 15.7. The molecule has 1 fully saturated rings. The number of ether oxygens (including phenoxy) is 1. The van der Waals surface area contributed by atoms with E-state index in [1.807, 2.05) is 30.3 Å². The number of pyridine rings is 1. The van der Waals surface area contributed by atoms with Gasteiger partial charge >= 0.3 is 0 Å². The third kappa shape index (κ3) is 3.37. The highest BCUT2D eigenvalue weighted by molar-refractivity contribution is 7.99. The lowest BCUT2D eigenvalue weighted by molar-refractivity contribution is 0.0999. The molecule has 24 heavy (non-hydrogen) atoms. The minimum absolute atomic E-state index is 0.509. The first-order valence-electron chi connectivity index (χ1n) is 8.01.